The van der Waals surface area contributed by atoms with Gasteiger partial charge in [-0.2, -0.15) is 5.10 Å². The van der Waals surface area contributed by atoms with E-state index in [1.807, 2.05) is 13.8 Å². The second-order valence-corrected chi connectivity index (χ2v) is 6.85. The first kappa shape index (κ1) is 19.2. The summed E-state index contributed by atoms with van der Waals surface area (Å²) in [5.41, 5.74) is 5.23. The molecule has 2 N–H and O–H groups in total. The Morgan fingerprint density at radius 1 is 1.22 bits per heavy atom. The van der Waals surface area contributed by atoms with Crippen LogP contribution in [-0.2, 0) is 6.42 Å². The van der Waals surface area contributed by atoms with Crippen LogP contribution in [0.5, 0.6) is 0 Å². The van der Waals surface area contributed by atoms with Gasteiger partial charge in [0.2, 0.25) is 0 Å². The minimum absolute atomic E-state index is 0.219. The van der Waals surface area contributed by atoms with Gasteiger partial charge in [-0.25, -0.2) is 5.43 Å². The van der Waals surface area contributed by atoms with Crippen molar-refractivity contribution < 1.29 is 14.0 Å². The molecule has 27 heavy (non-hydrogen) atoms. The molecule has 0 saturated heterocycles. The van der Waals surface area contributed by atoms with E-state index < -0.39 is 0 Å². The van der Waals surface area contributed by atoms with Crippen molar-refractivity contribution in [2.75, 3.05) is 6.54 Å². The third-order valence-electron chi connectivity index (χ3n) is 4.48. The fourth-order valence-electron chi connectivity index (χ4n) is 3.14. The Bertz CT molecular complexity index is 902. The summed E-state index contributed by atoms with van der Waals surface area (Å²) in [6.45, 7) is 4.44. The lowest BCUT2D eigenvalue weighted by Crippen LogP contribution is -2.24. The zero-order chi connectivity index (χ0) is 19.4. The van der Waals surface area contributed by atoms with Gasteiger partial charge in [0, 0.05) is 24.1 Å². The van der Waals surface area contributed by atoms with Crippen molar-refractivity contribution in [2.45, 2.75) is 39.5 Å². The van der Waals surface area contributed by atoms with Crippen molar-refractivity contribution in [1.29, 1.82) is 0 Å². The first-order valence-electron chi connectivity index (χ1n) is 9.05. The number of carbonyl (C=O) groups is 2. The van der Waals surface area contributed by atoms with E-state index in [1.165, 1.54) is 0 Å². The molecule has 0 saturated carbocycles. The average Bonchev–Trinajstić information content (AvgIpc) is 3.02. The molecule has 1 heterocycles. The van der Waals surface area contributed by atoms with E-state index in [-0.39, 0.29) is 11.8 Å². The van der Waals surface area contributed by atoms with E-state index in [4.69, 9.17) is 16.0 Å². The normalized spacial score (nSPS) is 14.7. The maximum absolute atomic E-state index is 12.3. The minimum Gasteiger partial charge on any atom is -0.455 e. The molecule has 0 fully saturated rings. The number of aryl methyl sites for hydroxylation is 1. The van der Waals surface area contributed by atoms with Crippen molar-refractivity contribution in [3.8, 4) is 0 Å². The number of carbonyl (C=O) groups excluding carboxylic acids is 2. The highest BCUT2D eigenvalue weighted by Gasteiger charge is 2.28. The van der Waals surface area contributed by atoms with Gasteiger partial charge in [-0.3, -0.25) is 9.59 Å². The minimum atomic E-state index is -0.373. The molecule has 0 aliphatic heterocycles. The maximum atomic E-state index is 12.3. The smallest absolute Gasteiger partial charge is 0.287 e. The highest BCUT2D eigenvalue weighted by atomic mass is 35.5. The second kappa shape index (κ2) is 8.39. The van der Waals surface area contributed by atoms with Crippen molar-refractivity contribution in [1.82, 2.24) is 10.7 Å². The molecule has 2 amide bonds. The molecular weight excluding hydrogens is 366 g/mol. The van der Waals surface area contributed by atoms with Gasteiger partial charge < -0.3 is 9.73 Å². The molecule has 0 bridgehead atoms. The first-order valence-corrected chi connectivity index (χ1v) is 9.43. The summed E-state index contributed by atoms with van der Waals surface area (Å²) in [5, 5.41) is 7.51. The van der Waals surface area contributed by atoms with E-state index in [0.717, 1.165) is 36.1 Å². The van der Waals surface area contributed by atoms with Crippen molar-refractivity contribution in [3.05, 3.63) is 57.5 Å². The lowest BCUT2D eigenvalue weighted by Gasteiger charge is -2.13. The van der Waals surface area contributed by atoms with Crippen LogP contribution in [-0.4, -0.2) is 24.1 Å². The summed E-state index contributed by atoms with van der Waals surface area (Å²) in [6, 6.07) is 6.81. The summed E-state index contributed by atoms with van der Waals surface area (Å²) in [6.07, 6.45) is 3.14. The van der Waals surface area contributed by atoms with Gasteiger partial charge in [-0.05, 0) is 38.3 Å². The van der Waals surface area contributed by atoms with Crippen LogP contribution in [0.2, 0.25) is 5.02 Å². The quantitative estimate of drug-likeness (QED) is 0.764. The van der Waals surface area contributed by atoms with Crippen LogP contribution in [0.4, 0.5) is 0 Å². The molecule has 142 valence electrons. The molecule has 0 atom stereocenters. The molecule has 3 rings (SSSR count). The van der Waals surface area contributed by atoms with Crippen LogP contribution >= 0.6 is 11.6 Å². The topological polar surface area (TPSA) is 83.7 Å². The van der Waals surface area contributed by atoms with Crippen molar-refractivity contribution in [3.63, 3.8) is 0 Å². The lowest BCUT2D eigenvalue weighted by atomic mass is 9.93. The molecule has 0 unspecified atom stereocenters. The highest BCUT2D eigenvalue weighted by molar-refractivity contribution is 6.33. The monoisotopic (exact) mass is 387 g/mol. The van der Waals surface area contributed by atoms with Crippen LogP contribution in [0.3, 0.4) is 0 Å². The van der Waals surface area contributed by atoms with E-state index >= 15 is 0 Å². The molecule has 1 aromatic heterocycles. The number of fused-ring (bicyclic) bond motifs is 1. The third kappa shape index (κ3) is 4.06. The predicted octanol–water partition coefficient (Wildman–Crippen LogP) is 3.85. The van der Waals surface area contributed by atoms with Crippen molar-refractivity contribution in [2.24, 2.45) is 5.10 Å². The third-order valence-corrected chi connectivity index (χ3v) is 4.81. The van der Waals surface area contributed by atoms with Gasteiger partial charge in [0.15, 0.2) is 5.76 Å². The summed E-state index contributed by atoms with van der Waals surface area (Å²) in [5.74, 6) is 0.470. The number of benzene rings is 1. The predicted molar refractivity (Wildman–Crippen MR) is 104 cm³/mol. The number of furan rings is 1. The number of hydrogen-bond acceptors (Lipinski definition) is 4. The van der Waals surface area contributed by atoms with Crippen LogP contribution in [0.15, 0.2) is 33.8 Å². The van der Waals surface area contributed by atoms with E-state index in [0.29, 0.717) is 35.0 Å². The average molecular weight is 388 g/mol. The highest BCUT2D eigenvalue weighted by Crippen LogP contribution is 2.30. The number of rotatable bonds is 5. The summed E-state index contributed by atoms with van der Waals surface area (Å²) < 4.78 is 5.81. The summed E-state index contributed by atoms with van der Waals surface area (Å²) in [4.78, 5) is 24.7. The Kier molecular flexibility index (Phi) is 5.96. The summed E-state index contributed by atoms with van der Waals surface area (Å²) in [7, 11) is 0. The molecule has 1 aromatic carbocycles. The molecule has 7 heteroatoms. The SMILES string of the molecule is CCCNC(=O)c1oc2c(c1C)/C(=N/NC(=O)c1ccccc1Cl)CCC2. The van der Waals surface area contributed by atoms with Crippen LogP contribution < -0.4 is 10.7 Å². The molecule has 1 aliphatic rings. The van der Waals surface area contributed by atoms with E-state index in [9.17, 15) is 9.59 Å². The van der Waals surface area contributed by atoms with Crippen molar-refractivity contribution >= 4 is 29.1 Å². The number of nitrogens with zero attached hydrogens (tertiary/aromatic N) is 1. The Morgan fingerprint density at radius 3 is 2.74 bits per heavy atom. The molecular formula is C20H22ClN3O3. The summed E-state index contributed by atoms with van der Waals surface area (Å²) >= 11 is 6.06. The lowest BCUT2D eigenvalue weighted by molar-refractivity contribution is 0.0921. The van der Waals surface area contributed by atoms with Crippen LogP contribution in [0, 0.1) is 6.92 Å². The molecule has 0 radical (unpaired) electrons. The van der Waals surface area contributed by atoms with E-state index in [1.54, 1.807) is 24.3 Å². The molecule has 6 nitrogen and oxygen atoms in total. The number of amides is 2. The second-order valence-electron chi connectivity index (χ2n) is 6.44. The number of nitrogens with one attached hydrogen (secondary N) is 2. The Hall–Kier alpha value is -2.60. The van der Waals surface area contributed by atoms with Gasteiger partial charge in [-0.15, -0.1) is 0 Å². The fourth-order valence-corrected chi connectivity index (χ4v) is 3.36. The zero-order valence-electron chi connectivity index (χ0n) is 15.4. The zero-order valence-corrected chi connectivity index (χ0v) is 16.2. The fraction of sp³-hybridized carbons (Fsp3) is 0.350. The van der Waals surface area contributed by atoms with Gasteiger partial charge in [0.1, 0.15) is 5.76 Å². The largest absolute Gasteiger partial charge is 0.455 e. The molecule has 0 spiro atoms. The number of hydrazone groups is 1. The van der Waals surface area contributed by atoms with Gasteiger partial charge in [0.25, 0.3) is 11.8 Å². The van der Waals surface area contributed by atoms with Crippen LogP contribution in [0.25, 0.3) is 0 Å². The Balaban J connectivity index is 1.84. The van der Waals surface area contributed by atoms with Gasteiger partial charge in [-0.1, -0.05) is 30.7 Å². The molecule has 1 aliphatic carbocycles. The van der Waals surface area contributed by atoms with Gasteiger partial charge >= 0.3 is 0 Å². The number of hydrogen-bond donors (Lipinski definition) is 2. The molecule has 2 aromatic rings. The Morgan fingerprint density at radius 2 is 2.00 bits per heavy atom. The Labute approximate surface area is 163 Å². The maximum Gasteiger partial charge on any atom is 0.287 e. The standard InChI is InChI=1S/C20H22ClN3O3/c1-3-11-22-20(26)18-12(2)17-15(9-6-10-16(17)27-18)23-24-19(25)13-7-4-5-8-14(13)21/h4-5,7-8H,3,6,9-11H2,1-2H3,(H,22,26)(H,24,25)/b23-15+. The first-order chi connectivity index (χ1) is 13.0. The van der Waals surface area contributed by atoms with E-state index in [2.05, 4.69) is 15.8 Å². The van der Waals surface area contributed by atoms with Crippen LogP contribution in [0.1, 0.15) is 64.0 Å². The van der Waals surface area contributed by atoms with Gasteiger partial charge in [0.05, 0.1) is 16.3 Å². The number of halogens is 1.